The van der Waals surface area contributed by atoms with E-state index in [9.17, 15) is 4.79 Å². The van der Waals surface area contributed by atoms with Gasteiger partial charge in [-0.1, -0.05) is 18.2 Å². The van der Waals surface area contributed by atoms with Crippen molar-refractivity contribution in [2.24, 2.45) is 5.73 Å². The van der Waals surface area contributed by atoms with Crippen LogP contribution in [0.25, 0.3) is 0 Å². The number of hydrogen-bond acceptors (Lipinski definition) is 3. The van der Waals surface area contributed by atoms with Crippen LogP contribution in [0.5, 0.6) is 5.75 Å². The fourth-order valence-electron chi connectivity index (χ4n) is 1.96. The molecule has 2 rings (SSSR count). The molecule has 16 heavy (non-hydrogen) atoms. The quantitative estimate of drug-likeness (QED) is 0.805. The SMILES string of the molecule is CCOc1ccccc1[C@H]1C[C@@]1(N)C(=O)O. The Balaban J connectivity index is 2.26. The van der Waals surface area contributed by atoms with Gasteiger partial charge in [-0.15, -0.1) is 0 Å². The van der Waals surface area contributed by atoms with Gasteiger partial charge in [0.25, 0.3) is 0 Å². The molecule has 4 nitrogen and oxygen atoms in total. The van der Waals surface area contributed by atoms with E-state index in [-0.39, 0.29) is 5.92 Å². The molecule has 86 valence electrons. The number of nitrogens with two attached hydrogens (primary N) is 1. The Kier molecular flexibility index (Phi) is 2.59. The van der Waals surface area contributed by atoms with E-state index in [1.165, 1.54) is 0 Å². The molecule has 0 heterocycles. The van der Waals surface area contributed by atoms with Crippen LogP contribution < -0.4 is 10.5 Å². The van der Waals surface area contributed by atoms with Crippen molar-refractivity contribution in [1.29, 1.82) is 0 Å². The Morgan fingerprint density at radius 2 is 2.31 bits per heavy atom. The highest BCUT2D eigenvalue weighted by molar-refractivity contribution is 5.85. The average Bonchev–Trinajstić information content (AvgIpc) is 2.94. The number of rotatable bonds is 4. The summed E-state index contributed by atoms with van der Waals surface area (Å²) >= 11 is 0. The number of ether oxygens (including phenoxy) is 1. The number of hydrogen-bond donors (Lipinski definition) is 2. The van der Waals surface area contributed by atoms with Gasteiger partial charge in [0.1, 0.15) is 11.3 Å². The molecule has 0 bridgehead atoms. The summed E-state index contributed by atoms with van der Waals surface area (Å²) in [4.78, 5) is 11.0. The number of aliphatic carboxylic acids is 1. The van der Waals surface area contributed by atoms with Crippen molar-refractivity contribution in [2.45, 2.75) is 24.8 Å². The lowest BCUT2D eigenvalue weighted by Crippen LogP contribution is -2.34. The van der Waals surface area contributed by atoms with Gasteiger partial charge in [0.15, 0.2) is 0 Å². The molecule has 0 aliphatic heterocycles. The molecular weight excluding hydrogens is 206 g/mol. The summed E-state index contributed by atoms with van der Waals surface area (Å²) in [7, 11) is 0. The number of carbonyl (C=O) groups is 1. The Labute approximate surface area is 94.0 Å². The van der Waals surface area contributed by atoms with Gasteiger partial charge in [-0.3, -0.25) is 4.79 Å². The molecule has 4 heteroatoms. The zero-order chi connectivity index (χ0) is 11.8. The smallest absolute Gasteiger partial charge is 0.324 e. The third-order valence-corrected chi connectivity index (χ3v) is 3.00. The van der Waals surface area contributed by atoms with E-state index < -0.39 is 11.5 Å². The maximum atomic E-state index is 11.0. The van der Waals surface area contributed by atoms with Gasteiger partial charge in [-0.25, -0.2) is 0 Å². The van der Waals surface area contributed by atoms with Gasteiger partial charge in [0, 0.05) is 5.92 Å². The first-order valence-electron chi connectivity index (χ1n) is 5.33. The summed E-state index contributed by atoms with van der Waals surface area (Å²) in [5, 5.41) is 9.00. The second-order valence-corrected chi connectivity index (χ2v) is 4.07. The van der Waals surface area contributed by atoms with Crippen molar-refractivity contribution < 1.29 is 14.6 Å². The summed E-state index contributed by atoms with van der Waals surface area (Å²) in [5.41, 5.74) is 5.57. The van der Waals surface area contributed by atoms with Crippen LogP contribution in [0.3, 0.4) is 0 Å². The highest BCUT2D eigenvalue weighted by Crippen LogP contribution is 2.52. The summed E-state index contributed by atoms with van der Waals surface area (Å²) in [5.74, 6) is -0.333. The third-order valence-electron chi connectivity index (χ3n) is 3.00. The van der Waals surface area contributed by atoms with Crippen LogP contribution in [0, 0.1) is 0 Å². The Morgan fingerprint density at radius 1 is 1.62 bits per heavy atom. The maximum absolute atomic E-state index is 11.0. The molecule has 0 saturated heterocycles. The van der Waals surface area contributed by atoms with Gasteiger partial charge in [0.05, 0.1) is 6.61 Å². The second kappa shape index (κ2) is 3.79. The lowest BCUT2D eigenvalue weighted by Gasteiger charge is -2.11. The van der Waals surface area contributed by atoms with Crippen molar-refractivity contribution >= 4 is 5.97 Å². The Hall–Kier alpha value is -1.55. The Morgan fingerprint density at radius 3 is 2.88 bits per heavy atom. The van der Waals surface area contributed by atoms with E-state index in [1.54, 1.807) is 0 Å². The number of para-hydroxylation sites is 1. The fourth-order valence-corrected chi connectivity index (χ4v) is 1.96. The molecule has 1 aliphatic carbocycles. The fraction of sp³-hybridized carbons (Fsp3) is 0.417. The molecular formula is C12H15NO3. The molecule has 0 aromatic heterocycles. The number of carboxylic acids is 1. The predicted molar refractivity (Wildman–Crippen MR) is 59.5 cm³/mol. The van der Waals surface area contributed by atoms with E-state index in [0.29, 0.717) is 13.0 Å². The highest BCUT2D eigenvalue weighted by atomic mass is 16.5. The number of carboxylic acid groups (broad SMARTS) is 1. The molecule has 0 unspecified atom stereocenters. The lowest BCUT2D eigenvalue weighted by molar-refractivity contribution is -0.139. The van der Waals surface area contributed by atoms with Crippen molar-refractivity contribution in [3.8, 4) is 5.75 Å². The van der Waals surface area contributed by atoms with Crippen molar-refractivity contribution in [3.05, 3.63) is 29.8 Å². The molecule has 1 saturated carbocycles. The molecule has 1 fully saturated rings. The van der Waals surface area contributed by atoms with Gasteiger partial charge >= 0.3 is 5.97 Å². The number of benzene rings is 1. The van der Waals surface area contributed by atoms with Gasteiger partial charge < -0.3 is 15.6 Å². The minimum absolute atomic E-state index is 0.132. The van der Waals surface area contributed by atoms with Crippen molar-refractivity contribution in [2.75, 3.05) is 6.61 Å². The predicted octanol–water partition coefficient (Wildman–Crippen LogP) is 1.35. The average molecular weight is 221 g/mol. The first-order chi connectivity index (χ1) is 7.59. The van der Waals surface area contributed by atoms with E-state index in [2.05, 4.69) is 0 Å². The minimum atomic E-state index is -1.10. The lowest BCUT2D eigenvalue weighted by atomic mass is 10.1. The summed E-state index contributed by atoms with van der Waals surface area (Å²) < 4.78 is 5.46. The second-order valence-electron chi connectivity index (χ2n) is 4.07. The van der Waals surface area contributed by atoms with Crippen LogP contribution in [0.2, 0.25) is 0 Å². The first-order valence-corrected chi connectivity index (χ1v) is 5.33. The van der Waals surface area contributed by atoms with Crippen LogP contribution in [0.4, 0.5) is 0 Å². The van der Waals surface area contributed by atoms with Gasteiger partial charge in [-0.05, 0) is 25.0 Å². The largest absolute Gasteiger partial charge is 0.494 e. The summed E-state index contributed by atoms with van der Waals surface area (Å²) in [6, 6.07) is 7.47. The van der Waals surface area contributed by atoms with E-state index in [1.807, 2.05) is 31.2 Å². The van der Waals surface area contributed by atoms with Crippen molar-refractivity contribution in [1.82, 2.24) is 0 Å². The van der Waals surface area contributed by atoms with E-state index in [0.717, 1.165) is 11.3 Å². The normalized spacial score (nSPS) is 27.5. The third kappa shape index (κ3) is 1.65. The molecule has 3 N–H and O–H groups in total. The van der Waals surface area contributed by atoms with Crippen LogP contribution in [0.15, 0.2) is 24.3 Å². The van der Waals surface area contributed by atoms with E-state index in [4.69, 9.17) is 15.6 Å². The van der Waals surface area contributed by atoms with Gasteiger partial charge in [0.2, 0.25) is 0 Å². The maximum Gasteiger partial charge on any atom is 0.324 e. The molecule has 1 aromatic rings. The zero-order valence-corrected chi connectivity index (χ0v) is 9.14. The topological polar surface area (TPSA) is 72.5 Å². The molecule has 2 atom stereocenters. The first kappa shape index (κ1) is 11.0. The molecule has 0 spiro atoms. The van der Waals surface area contributed by atoms with Gasteiger partial charge in [-0.2, -0.15) is 0 Å². The Bertz CT molecular complexity index is 418. The molecule has 0 amide bonds. The monoisotopic (exact) mass is 221 g/mol. The summed E-state index contributed by atoms with van der Waals surface area (Å²) in [6.45, 7) is 2.46. The zero-order valence-electron chi connectivity index (χ0n) is 9.14. The minimum Gasteiger partial charge on any atom is -0.494 e. The van der Waals surface area contributed by atoms with Crippen LogP contribution in [-0.2, 0) is 4.79 Å². The molecule has 1 aromatic carbocycles. The standard InChI is InChI=1S/C12H15NO3/c1-2-16-10-6-4-3-5-8(10)9-7-12(9,13)11(14)15/h3-6,9H,2,7,13H2,1H3,(H,14,15)/t9-,12+/m1/s1. The van der Waals surface area contributed by atoms with Crippen LogP contribution in [-0.4, -0.2) is 23.2 Å². The molecule has 0 radical (unpaired) electrons. The van der Waals surface area contributed by atoms with E-state index >= 15 is 0 Å². The summed E-state index contributed by atoms with van der Waals surface area (Å²) in [6.07, 6.45) is 0.479. The highest BCUT2D eigenvalue weighted by Gasteiger charge is 2.59. The van der Waals surface area contributed by atoms with Crippen LogP contribution in [0.1, 0.15) is 24.8 Å². The molecule has 1 aliphatic rings. The van der Waals surface area contributed by atoms with Crippen molar-refractivity contribution in [3.63, 3.8) is 0 Å². The van der Waals surface area contributed by atoms with Crippen LogP contribution >= 0.6 is 0 Å².